The van der Waals surface area contributed by atoms with Crippen LogP contribution in [0.15, 0.2) is 48.5 Å². The quantitative estimate of drug-likeness (QED) is 0.703. The fourth-order valence-corrected chi connectivity index (χ4v) is 6.15. The molecule has 2 aromatic carbocycles. The van der Waals surface area contributed by atoms with Gasteiger partial charge in [-0.3, -0.25) is 0 Å². The van der Waals surface area contributed by atoms with E-state index in [-0.39, 0.29) is 5.41 Å². The number of carboxylic acid groups (broad SMARTS) is 1. The third-order valence-electron chi connectivity index (χ3n) is 7.40. The molecule has 0 aromatic heterocycles. The lowest BCUT2D eigenvalue weighted by Crippen LogP contribution is -2.48. The van der Waals surface area contributed by atoms with Crippen molar-refractivity contribution in [3.05, 3.63) is 70.8 Å². The van der Waals surface area contributed by atoms with E-state index in [9.17, 15) is 15.0 Å². The number of carboxylic acids is 1. The maximum absolute atomic E-state index is 11.5. The summed E-state index contributed by atoms with van der Waals surface area (Å²) < 4.78 is 0. The van der Waals surface area contributed by atoms with E-state index in [1.807, 2.05) is 24.3 Å². The fourth-order valence-electron chi connectivity index (χ4n) is 6.15. The van der Waals surface area contributed by atoms with Gasteiger partial charge in [-0.15, -0.1) is 0 Å². The summed E-state index contributed by atoms with van der Waals surface area (Å²) in [4.78, 5) is 11.5. The molecule has 0 aliphatic heterocycles. The average molecular weight is 393 g/mol. The molecule has 154 valence electrons. The van der Waals surface area contributed by atoms with E-state index in [4.69, 9.17) is 0 Å². The molecule has 0 heterocycles. The number of benzene rings is 2. The molecule has 2 aliphatic rings. The summed E-state index contributed by atoms with van der Waals surface area (Å²) in [6.07, 6.45) is 8.66. The van der Waals surface area contributed by atoms with Crippen molar-refractivity contribution in [1.82, 2.24) is 0 Å². The number of carbonyl (C=O) groups is 1. The highest BCUT2D eigenvalue weighted by molar-refractivity contribution is 5.88. The van der Waals surface area contributed by atoms with Crippen LogP contribution in [0.2, 0.25) is 0 Å². The number of aromatic carboxylic acids is 1. The van der Waals surface area contributed by atoms with Gasteiger partial charge >= 0.3 is 5.97 Å². The van der Waals surface area contributed by atoms with E-state index in [0.717, 1.165) is 57.8 Å². The number of aryl methyl sites for hydroxylation is 1. The smallest absolute Gasteiger partial charge is 0.335 e. The molecule has 2 aromatic rings. The summed E-state index contributed by atoms with van der Waals surface area (Å²) in [5.74, 6) is -0.402. The third kappa shape index (κ3) is 3.85. The largest absolute Gasteiger partial charge is 0.478 e. The van der Waals surface area contributed by atoms with E-state index >= 15 is 0 Å². The van der Waals surface area contributed by atoms with Crippen molar-refractivity contribution < 1.29 is 15.0 Å². The van der Waals surface area contributed by atoms with Crippen LogP contribution in [-0.2, 0) is 18.3 Å². The third-order valence-corrected chi connectivity index (χ3v) is 7.40. The first-order valence-corrected chi connectivity index (χ1v) is 11.1. The summed E-state index contributed by atoms with van der Waals surface area (Å²) in [6, 6.07) is 16.1. The summed E-state index contributed by atoms with van der Waals surface area (Å²) in [5, 5.41) is 21.0. The Morgan fingerprint density at radius 1 is 1.14 bits per heavy atom. The lowest BCUT2D eigenvalue weighted by molar-refractivity contribution is -0.0488. The van der Waals surface area contributed by atoms with Crippen LogP contribution in [0.1, 0.15) is 78.9 Å². The Bertz CT molecular complexity index is 875. The number of aliphatic hydroxyl groups is 1. The van der Waals surface area contributed by atoms with Crippen molar-refractivity contribution in [1.29, 1.82) is 0 Å². The number of hydrogen-bond acceptors (Lipinski definition) is 2. The Morgan fingerprint density at radius 2 is 1.93 bits per heavy atom. The van der Waals surface area contributed by atoms with Crippen LogP contribution in [0.3, 0.4) is 0 Å². The molecule has 2 aliphatic carbocycles. The fraction of sp³-hybridized carbons (Fsp3) is 0.500. The molecule has 3 nitrogen and oxygen atoms in total. The van der Waals surface area contributed by atoms with Crippen LogP contribution in [-0.4, -0.2) is 21.8 Å². The van der Waals surface area contributed by atoms with Crippen LogP contribution in [0.4, 0.5) is 0 Å². The van der Waals surface area contributed by atoms with E-state index in [0.29, 0.717) is 11.5 Å². The lowest BCUT2D eigenvalue weighted by Gasteiger charge is -2.50. The van der Waals surface area contributed by atoms with Crippen molar-refractivity contribution >= 4 is 5.97 Å². The Kier molecular flexibility index (Phi) is 5.52. The van der Waals surface area contributed by atoms with E-state index < -0.39 is 11.6 Å². The molecule has 3 heteroatoms. The van der Waals surface area contributed by atoms with E-state index in [2.05, 4.69) is 25.1 Å². The average Bonchev–Trinajstić information content (AvgIpc) is 2.85. The zero-order chi connectivity index (χ0) is 20.5. The first-order chi connectivity index (χ1) is 14.0. The normalized spacial score (nSPS) is 28.8. The van der Waals surface area contributed by atoms with Gasteiger partial charge in [0.25, 0.3) is 0 Å². The van der Waals surface area contributed by atoms with Crippen LogP contribution < -0.4 is 0 Å². The molecule has 4 rings (SSSR count). The Labute approximate surface area is 173 Å². The molecule has 0 spiro atoms. The Balaban J connectivity index is 1.68. The second-order valence-corrected chi connectivity index (χ2v) is 9.26. The minimum absolute atomic E-state index is 0.0700. The van der Waals surface area contributed by atoms with Gasteiger partial charge < -0.3 is 10.2 Å². The highest BCUT2D eigenvalue weighted by Gasteiger charge is 2.50. The van der Waals surface area contributed by atoms with Gasteiger partial charge in [0.05, 0.1) is 11.2 Å². The lowest BCUT2D eigenvalue weighted by atomic mass is 9.55. The number of fused-ring (bicyclic) bond motifs is 3. The van der Waals surface area contributed by atoms with Gasteiger partial charge in [-0.1, -0.05) is 49.7 Å². The Hall–Kier alpha value is -2.13. The van der Waals surface area contributed by atoms with Crippen molar-refractivity contribution in [2.45, 2.75) is 75.7 Å². The Morgan fingerprint density at radius 3 is 2.66 bits per heavy atom. The minimum Gasteiger partial charge on any atom is -0.478 e. The predicted molar refractivity (Wildman–Crippen MR) is 115 cm³/mol. The summed E-state index contributed by atoms with van der Waals surface area (Å²) in [6.45, 7) is 2.24. The zero-order valence-electron chi connectivity index (χ0n) is 17.4. The predicted octanol–water partition coefficient (Wildman–Crippen LogP) is 5.53. The van der Waals surface area contributed by atoms with Crippen molar-refractivity contribution in [3.63, 3.8) is 0 Å². The van der Waals surface area contributed by atoms with Gasteiger partial charge in [0.1, 0.15) is 0 Å². The molecule has 2 N–H and O–H groups in total. The molecule has 29 heavy (non-hydrogen) atoms. The van der Waals surface area contributed by atoms with Crippen molar-refractivity contribution in [2.24, 2.45) is 5.92 Å². The van der Waals surface area contributed by atoms with Crippen LogP contribution in [0, 0.1) is 5.92 Å². The van der Waals surface area contributed by atoms with Crippen LogP contribution in [0.25, 0.3) is 0 Å². The second kappa shape index (κ2) is 7.95. The molecule has 1 saturated carbocycles. The summed E-state index contributed by atoms with van der Waals surface area (Å²) >= 11 is 0. The molecule has 0 unspecified atom stereocenters. The maximum Gasteiger partial charge on any atom is 0.335 e. The van der Waals surface area contributed by atoms with Crippen molar-refractivity contribution in [2.75, 3.05) is 0 Å². The van der Waals surface area contributed by atoms with E-state index in [1.165, 1.54) is 16.7 Å². The SMILES string of the molecule is CCC[C@]12CC[C@](O)(Cc3ccccc3)C[C@H]1CCCc1cc(C(=O)O)ccc12. The highest BCUT2D eigenvalue weighted by Crippen LogP contribution is 2.54. The molecular formula is C26H32O3. The second-order valence-electron chi connectivity index (χ2n) is 9.26. The first kappa shape index (κ1) is 20.2. The molecule has 3 atom stereocenters. The highest BCUT2D eigenvalue weighted by atomic mass is 16.4. The zero-order valence-corrected chi connectivity index (χ0v) is 17.4. The first-order valence-electron chi connectivity index (χ1n) is 11.1. The van der Waals surface area contributed by atoms with Crippen molar-refractivity contribution in [3.8, 4) is 0 Å². The monoisotopic (exact) mass is 392 g/mol. The molecule has 0 amide bonds. The summed E-state index contributed by atoms with van der Waals surface area (Å²) in [7, 11) is 0. The molecular weight excluding hydrogens is 360 g/mol. The van der Waals surface area contributed by atoms with Crippen LogP contribution in [0.5, 0.6) is 0 Å². The van der Waals surface area contributed by atoms with Gasteiger partial charge in [0.15, 0.2) is 0 Å². The molecule has 0 bridgehead atoms. The van der Waals surface area contributed by atoms with Crippen LogP contribution >= 0.6 is 0 Å². The topological polar surface area (TPSA) is 57.5 Å². The molecule has 0 radical (unpaired) electrons. The molecule has 1 fully saturated rings. The number of hydrogen-bond donors (Lipinski definition) is 2. The van der Waals surface area contributed by atoms with Gasteiger partial charge in [0, 0.05) is 6.42 Å². The summed E-state index contributed by atoms with van der Waals surface area (Å²) in [5.41, 5.74) is 3.60. The van der Waals surface area contributed by atoms with Gasteiger partial charge in [-0.2, -0.15) is 0 Å². The van der Waals surface area contributed by atoms with E-state index in [1.54, 1.807) is 6.07 Å². The maximum atomic E-state index is 11.5. The van der Waals surface area contributed by atoms with Gasteiger partial charge in [0.2, 0.25) is 0 Å². The number of rotatable bonds is 5. The standard InChI is InChI=1S/C26H32O3/c1-2-13-26-15-14-25(29,17-19-7-4-3-5-8-19)18-22(26)10-6-9-20-16-21(24(27)28)11-12-23(20)26/h3-5,7-8,11-12,16,22,29H,2,6,9-10,13-15,17-18H2,1H3,(H,27,28)/t22-,25+,26+/m1/s1. The molecule has 0 saturated heterocycles. The van der Waals surface area contributed by atoms with Gasteiger partial charge in [-0.25, -0.2) is 4.79 Å². The minimum atomic E-state index is -0.848. The van der Waals surface area contributed by atoms with Gasteiger partial charge in [-0.05, 0) is 85.1 Å².